The lowest BCUT2D eigenvalue weighted by atomic mass is 9.34. The molecule has 5 aliphatic carbocycles. The molecule has 9 N–H and O–H groups in total. The standard InChI is InChI=1S/C48H76O16/c1-22-11-16-48(43(58)64-40-24(3)33(52)35(54)27(19-49)60-40)18-17-46(7)25(32(48)23(22)2)9-10-30-45(6)14-13-31(44(4,5)29(45)12-15-47(30,46)8)62-42-39(34(53)26(51)21-59-42)63-41-38(57)37(56)36(55)28(20-50)61-41/h9,22,24,26-31,33-42,49-57H,10-21H2,1-8H3/t22-,24?,26?,27?,28?,29?,30?,31+,33?,34?,35?,36?,37?,38?,39?,40?,41?,42?,45+,46-,47-,48+/m1/s1. The number of rotatable bonds is 8. The van der Waals surface area contributed by atoms with Gasteiger partial charge in [-0.3, -0.25) is 4.79 Å². The molecule has 64 heavy (non-hydrogen) atoms. The molecule has 3 saturated heterocycles. The van der Waals surface area contributed by atoms with Crippen LogP contribution in [0.15, 0.2) is 22.8 Å². The van der Waals surface area contributed by atoms with Gasteiger partial charge in [0.25, 0.3) is 0 Å². The summed E-state index contributed by atoms with van der Waals surface area (Å²) in [5.41, 5.74) is 1.79. The van der Waals surface area contributed by atoms with Crippen LogP contribution in [-0.4, -0.2) is 158 Å². The molecule has 16 unspecified atom stereocenters. The predicted octanol–water partition coefficient (Wildman–Crippen LogP) is 1.97. The van der Waals surface area contributed by atoms with Gasteiger partial charge in [0, 0.05) is 5.92 Å². The Morgan fingerprint density at radius 3 is 2.05 bits per heavy atom. The molecule has 0 aromatic rings. The van der Waals surface area contributed by atoms with Gasteiger partial charge in [-0.15, -0.1) is 0 Å². The van der Waals surface area contributed by atoms with Gasteiger partial charge >= 0.3 is 5.97 Å². The third kappa shape index (κ3) is 7.34. The Bertz CT molecular complexity index is 1800. The number of aliphatic hydroxyl groups excluding tert-OH is 9. The highest BCUT2D eigenvalue weighted by atomic mass is 16.8. The molecule has 0 bridgehead atoms. The highest BCUT2D eigenvalue weighted by Gasteiger charge is 2.69. The fraction of sp³-hybridized carbons (Fsp3) is 0.896. The second-order valence-corrected chi connectivity index (χ2v) is 22.3. The summed E-state index contributed by atoms with van der Waals surface area (Å²) in [5, 5.41) is 94.3. The van der Waals surface area contributed by atoms with Crippen molar-refractivity contribution in [2.75, 3.05) is 19.8 Å². The van der Waals surface area contributed by atoms with E-state index in [1.165, 1.54) is 11.1 Å². The van der Waals surface area contributed by atoms with E-state index in [1.54, 1.807) is 6.92 Å². The number of carbonyl (C=O) groups is 1. The highest BCUT2D eigenvalue weighted by Crippen LogP contribution is 2.75. The molecular formula is C48H76O16. The SMILES string of the molecule is CC1=C2C3=CCC4[C@@]5(C)CC[C@H](OC6OCC(O)C(O)C6OC6OC(CO)C(O)C(O)C6O)C(C)(C)C5CC[C@@]4(C)[C@]3(C)CC[C@@]2(C(=O)OC2OC(CO)C(O)C(O)C2C)CC[C@H]1C. The summed E-state index contributed by atoms with van der Waals surface area (Å²) in [6.45, 7) is 16.5. The van der Waals surface area contributed by atoms with Crippen molar-refractivity contribution in [1.29, 1.82) is 0 Å². The van der Waals surface area contributed by atoms with Crippen LogP contribution < -0.4 is 0 Å². The molecule has 8 rings (SSSR count). The van der Waals surface area contributed by atoms with Crippen molar-refractivity contribution in [3.63, 3.8) is 0 Å². The van der Waals surface area contributed by atoms with E-state index in [2.05, 4.69) is 54.5 Å². The van der Waals surface area contributed by atoms with Gasteiger partial charge in [0.1, 0.15) is 54.9 Å². The van der Waals surface area contributed by atoms with Crippen LogP contribution in [0.4, 0.5) is 0 Å². The molecule has 0 spiro atoms. The maximum absolute atomic E-state index is 14.8. The summed E-state index contributed by atoms with van der Waals surface area (Å²) < 4.78 is 36.5. The second kappa shape index (κ2) is 17.4. The Hall–Kier alpha value is -1.61. The zero-order chi connectivity index (χ0) is 46.6. The Morgan fingerprint density at radius 2 is 1.38 bits per heavy atom. The second-order valence-electron chi connectivity index (χ2n) is 22.3. The largest absolute Gasteiger partial charge is 0.435 e. The maximum Gasteiger partial charge on any atom is 0.318 e. The van der Waals surface area contributed by atoms with Crippen LogP contribution in [0.3, 0.4) is 0 Å². The molecule has 0 radical (unpaired) electrons. The van der Waals surface area contributed by atoms with Crippen LogP contribution in [0.1, 0.15) is 113 Å². The average molecular weight is 909 g/mol. The molecule has 22 atom stereocenters. The fourth-order valence-electron chi connectivity index (χ4n) is 14.5. The molecule has 3 heterocycles. The van der Waals surface area contributed by atoms with E-state index in [9.17, 15) is 50.8 Å². The van der Waals surface area contributed by atoms with E-state index in [1.807, 2.05) is 0 Å². The molecule has 0 aromatic heterocycles. The molecule has 16 heteroatoms. The summed E-state index contributed by atoms with van der Waals surface area (Å²) in [6.07, 6.45) is -8.66. The lowest BCUT2D eigenvalue weighted by molar-refractivity contribution is -0.367. The Kier molecular flexibility index (Phi) is 13.3. The van der Waals surface area contributed by atoms with Crippen LogP contribution in [0, 0.1) is 50.7 Å². The highest BCUT2D eigenvalue weighted by molar-refractivity contribution is 5.84. The van der Waals surface area contributed by atoms with Crippen LogP contribution in [0.5, 0.6) is 0 Å². The van der Waals surface area contributed by atoms with Crippen molar-refractivity contribution in [3.05, 3.63) is 22.8 Å². The van der Waals surface area contributed by atoms with Gasteiger partial charge in [-0.25, -0.2) is 0 Å². The van der Waals surface area contributed by atoms with Gasteiger partial charge < -0.3 is 74.4 Å². The minimum absolute atomic E-state index is 0.101. The number of aliphatic hydroxyl groups is 9. The Labute approximate surface area is 376 Å². The summed E-state index contributed by atoms with van der Waals surface area (Å²) in [4.78, 5) is 14.8. The number of ether oxygens (including phenoxy) is 6. The third-order valence-corrected chi connectivity index (χ3v) is 19.0. The Balaban J connectivity index is 1.04. The van der Waals surface area contributed by atoms with Gasteiger partial charge in [-0.05, 0) is 115 Å². The zero-order valence-electron chi connectivity index (χ0n) is 38.8. The lowest BCUT2D eigenvalue weighted by Crippen LogP contribution is -2.65. The van der Waals surface area contributed by atoms with Crippen LogP contribution in [-0.2, 0) is 33.2 Å². The minimum Gasteiger partial charge on any atom is -0.435 e. The first-order valence-corrected chi connectivity index (χ1v) is 23.9. The van der Waals surface area contributed by atoms with Gasteiger partial charge in [0.2, 0.25) is 6.29 Å². The first-order chi connectivity index (χ1) is 30.0. The topological polar surface area (TPSA) is 255 Å². The van der Waals surface area contributed by atoms with Crippen LogP contribution in [0.2, 0.25) is 0 Å². The van der Waals surface area contributed by atoms with Crippen molar-refractivity contribution < 1.29 is 79.2 Å². The molecule has 3 aliphatic heterocycles. The smallest absolute Gasteiger partial charge is 0.318 e. The third-order valence-electron chi connectivity index (χ3n) is 19.0. The molecule has 6 fully saturated rings. The normalized spacial score (nSPS) is 52.7. The summed E-state index contributed by atoms with van der Waals surface area (Å²) in [6, 6.07) is 0. The van der Waals surface area contributed by atoms with Gasteiger partial charge in [-0.1, -0.05) is 60.1 Å². The van der Waals surface area contributed by atoms with E-state index in [0.717, 1.165) is 44.1 Å². The summed E-state index contributed by atoms with van der Waals surface area (Å²) >= 11 is 0. The van der Waals surface area contributed by atoms with E-state index in [-0.39, 0.29) is 46.8 Å². The molecule has 364 valence electrons. The van der Waals surface area contributed by atoms with E-state index < -0.39 is 110 Å². The molecular weight excluding hydrogens is 833 g/mol. The minimum atomic E-state index is -1.72. The lowest BCUT2D eigenvalue weighted by Gasteiger charge is -2.70. The maximum atomic E-state index is 14.8. The number of hydrogen-bond acceptors (Lipinski definition) is 16. The average Bonchev–Trinajstić information content (AvgIpc) is 3.25. The van der Waals surface area contributed by atoms with Crippen molar-refractivity contribution in [2.24, 2.45) is 50.7 Å². The van der Waals surface area contributed by atoms with Crippen molar-refractivity contribution in [3.8, 4) is 0 Å². The fourth-order valence-corrected chi connectivity index (χ4v) is 14.5. The molecule has 8 aliphatic rings. The monoisotopic (exact) mass is 909 g/mol. The first kappa shape index (κ1) is 48.8. The van der Waals surface area contributed by atoms with Crippen molar-refractivity contribution >= 4 is 5.97 Å². The first-order valence-electron chi connectivity index (χ1n) is 23.9. The van der Waals surface area contributed by atoms with Crippen LogP contribution >= 0.6 is 0 Å². The molecule has 0 aromatic carbocycles. The molecule has 3 saturated carbocycles. The van der Waals surface area contributed by atoms with Gasteiger partial charge in [-0.2, -0.15) is 0 Å². The number of hydrogen-bond donors (Lipinski definition) is 9. The molecule has 16 nitrogen and oxygen atoms in total. The van der Waals surface area contributed by atoms with E-state index >= 15 is 0 Å². The quantitative estimate of drug-likeness (QED) is 0.125. The number of carbonyl (C=O) groups excluding carboxylic acids is 1. The summed E-state index contributed by atoms with van der Waals surface area (Å²) in [5.74, 6) is -0.268. The Morgan fingerprint density at radius 1 is 0.719 bits per heavy atom. The van der Waals surface area contributed by atoms with E-state index in [4.69, 9.17) is 28.4 Å². The number of fused-ring (bicyclic) bond motifs is 7. The van der Waals surface area contributed by atoms with Gasteiger partial charge in [0.15, 0.2) is 12.6 Å². The van der Waals surface area contributed by atoms with Crippen LogP contribution in [0.25, 0.3) is 0 Å². The summed E-state index contributed by atoms with van der Waals surface area (Å²) in [7, 11) is 0. The number of esters is 1. The predicted molar refractivity (Wildman–Crippen MR) is 227 cm³/mol. The van der Waals surface area contributed by atoms with Crippen molar-refractivity contribution in [2.45, 2.75) is 199 Å². The van der Waals surface area contributed by atoms with Gasteiger partial charge in [0.05, 0.1) is 37.4 Å². The molecule has 0 amide bonds. The van der Waals surface area contributed by atoms with E-state index in [0.29, 0.717) is 25.2 Å². The zero-order valence-corrected chi connectivity index (χ0v) is 38.8. The van der Waals surface area contributed by atoms with Crippen molar-refractivity contribution in [1.82, 2.24) is 0 Å². The number of allylic oxidation sites excluding steroid dienone is 3.